The Morgan fingerprint density at radius 3 is 2.42 bits per heavy atom. The Morgan fingerprint density at radius 1 is 1.08 bits per heavy atom. The molecule has 3 aliphatic rings. The SMILES string of the molecule is COc1ccc(C[C@@H]2C(=O)N[C@H]3CN2C(=O)/C=C/C[C@@H](C(C)C2OC2c2ccc(CNC=O)cc2)OC(=O)C(CC(C)(C)C)NC(=O)C3(C)C)cc1Cl. The first-order valence-electron chi connectivity index (χ1n) is 18.0. The summed E-state index contributed by atoms with van der Waals surface area (Å²) < 4.78 is 17.6. The molecule has 2 fully saturated rings. The topological polar surface area (TPSA) is 156 Å². The number of epoxide rings is 1. The van der Waals surface area contributed by atoms with Crippen LogP contribution in [0.4, 0.5) is 0 Å². The minimum atomic E-state index is -1.21. The summed E-state index contributed by atoms with van der Waals surface area (Å²) in [5, 5.41) is 8.99. The van der Waals surface area contributed by atoms with Gasteiger partial charge in [-0.3, -0.25) is 19.2 Å². The van der Waals surface area contributed by atoms with Gasteiger partial charge in [0.25, 0.3) is 0 Å². The first-order chi connectivity index (χ1) is 25.0. The zero-order valence-electron chi connectivity index (χ0n) is 31.4. The lowest BCUT2D eigenvalue weighted by molar-refractivity contribution is -0.158. The predicted molar refractivity (Wildman–Crippen MR) is 199 cm³/mol. The number of cyclic esters (lactones) is 1. The predicted octanol–water partition coefficient (Wildman–Crippen LogP) is 4.43. The lowest BCUT2D eigenvalue weighted by Crippen LogP contribution is -2.67. The van der Waals surface area contributed by atoms with Crippen molar-refractivity contribution in [1.29, 1.82) is 0 Å². The molecule has 7 atom stereocenters. The van der Waals surface area contributed by atoms with Crippen LogP contribution >= 0.6 is 11.6 Å². The molecule has 5 rings (SSSR count). The molecule has 12 nitrogen and oxygen atoms in total. The molecule has 0 aliphatic carbocycles. The number of fused-ring (bicyclic) bond motifs is 2. The van der Waals surface area contributed by atoms with Gasteiger partial charge >= 0.3 is 5.97 Å². The minimum Gasteiger partial charge on any atom is -0.495 e. The first kappa shape index (κ1) is 39.8. The number of amides is 4. The molecule has 3 aliphatic heterocycles. The van der Waals surface area contributed by atoms with Crippen molar-refractivity contribution in [1.82, 2.24) is 20.9 Å². The Labute approximate surface area is 316 Å². The summed E-state index contributed by atoms with van der Waals surface area (Å²) in [6, 6.07) is 10.4. The Kier molecular flexibility index (Phi) is 12.2. The van der Waals surface area contributed by atoms with E-state index in [0.717, 1.165) is 16.7 Å². The molecule has 286 valence electrons. The van der Waals surface area contributed by atoms with E-state index in [2.05, 4.69) is 16.0 Å². The van der Waals surface area contributed by atoms with Crippen LogP contribution < -0.4 is 20.7 Å². The monoisotopic (exact) mass is 750 g/mol. The molecule has 2 bridgehead atoms. The lowest BCUT2D eigenvalue weighted by Gasteiger charge is -2.44. The number of hydrogen-bond donors (Lipinski definition) is 3. The van der Waals surface area contributed by atoms with Crippen LogP contribution in [0.25, 0.3) is 0 Å². The number of carbonyl (C=O) groups is 5. The van der Waals surface area contributed by atoms with E-state index in [1.54, 1.807) is 38.1 Å². The summed E-state index contributed by atoms with van der Waals surface area (Å²) in [6.07, 6.45) is 3.27. The third-order valence-electron chi connectivity index (χ3n) is 10.4. The van der Waals surface area contributed by atoms with Crippen LogP contribution in [0.3, 0.4) is 0 Å². The van der Waals surface area contributed by atoms with Gasteiger partial charge in [-0.25, -0.2) is 4.79 Å². The minimum absolute atomic E-state index is 0.0691. The number of carbonyl (C=O) groups excluding carboxylic acids is 5. The number of piperazine rings is 1. The summed E-state index contributed by atoms with van der Waals surface area (Å²) in [5.74, 6) is -1.62. The van der Waals surface area contributed by atoms with E-state index in [1.807, 2.05) is 52.0 Å². The van der Waals surface area contributed by atoms with Crippen LogP contribution in [0.2, 0.25) is 5.02 Å². The molecule has 4 unspecified atom stereocenters. The van der Waals surface area contributed by atoms with Crippen LogP contribution in [0, 0.1) is 16.7 Å². The highest BCUT2D eigenvalue weighted by atomic mass is 35.5. The molecule has 3 heterocycles. The van der Waals surface area contributed by atoms with Gasteiger partial charge in [0.2, 0.25) is 24.1 Å². The van der Waals surface area contributed by atoms with Gasteiger partial charge in [-0.05, 0) is 60.6 Å². The average Bonchev–Trinajstić information content (AvgIpc) is 3.90. The van der Waals surface area contributed by atoms with E-state index in [4.69, 9.17) is 25.8 Å². The Morgan fingerprint density at radius 2 is 1.77 bits per heavy atom. The molecule has 13 heteroatoms. The van der Waals surface area contributed by atoms with E-state index in [9.17, 15) is 24.0 Å². The standard InChI is InChI=1S/C40H51ClN4O8/c1-23(34-35(53-34)26-14-11-24(12-15-26)20-42-22-46)30-9-8-10-33(47)45-21-32(40(5,6)38(50)43-28(37(49)52-30)19-39(2,3)4)44-36(48)29(45)18-25-13-16-31(51-7)27(41)17-25/h8,10-17,22-23,28-30,32,34-35H,9,18-21H2,1-7H3,(H,42,46)(H,43,50)(H,44,48)/b10-8+/t23?,28?,29-,30+,32+,34?,35?/m1/s1. The van der Waals surface area contributed by atoms with Gasteiger partial charge in [-0.1, -0.05) is 75.7 Å². The second-order valence-electron chi connectivity index (χ2n) is 16.0. The number of nitrogens with zero attached hydrogens (tertiary/aromatic N) is 1. The number of ether oxygens (including phenoxy) is 3. The summed E-state index contributed by atoms with van der Waals surface area (Å²) in [5.41, 5.74) is 1.08. The van der Waals surface area contributed by atoms with E-state index < -0.39 is 53.3 Å². The molecule has 2 saturated heterocycles. The fourth-order valence-corrected chi connectivity index (χ4v) is 7.27. The Balaban J connectivity index is 1.44. The van der Waals surface area contributed by atoms with Crippen molar-refractivity contribution >= 4 is 41.7 Å². The second-order valence-corrected chi connectivity index (χ2v) is 16.4. The molecule has 3 N–H and O–H groups in total. The van der Waals surface area contributed by atoms with Crippen LogP contribution in [0.15, 0.2) is 54.6 Å². The van der Waals surface area contributed by atoms with Gasteiger partial charge in [-0.2, -0.15) is 0 Å². The molecular formula is C40H51ClN4O8. The highest BCUT2D eigenvalue weighted by Gasteiger charge is 2.49. The summed E-state index contributed by atoms with van der Waals surface area (Å²) in [7, 11) is 1.52. The summed E-state index contributed by atoms with van der Waals surface area (Å²) >= 11 is 6.40. The molecule has 0 radical (unpaired) electrons. The highest BCUT2D eigenvalue weighted by molar-refractivity contribution is 6.32. The van der Waals surface area contributed by atoms with Crippen molar-refractivity contribution in [2.75, 3.05) is 13.7 Å². The van der Waals surface area contributed by atoms with Gasteiger partial charge in [-0.15, -0.1) is 0 Å². The largest absolute Gasteiger partial charge is 0.495 e. The molecule has 4 amide bonds. The number of benzene rings is 2. The normalized spacial score (nSPS) is 27.4. The van der Waals surface area contributed by atoms with Crippen molar-refractivity contribution in [3.63, 3.8) is 0 Å². The van der Waals surface area contributed by atoms with Crippen LogP contribution in [-0.4, -0.2) is 79.0 Å². The molecule has 0 spiro atoms. The molecule has 0 aromatic heterocycles. The maximum Gasteiger partial charge on any atom is 0.328 e. The van der Waals surface area contributed by atoms with Crippen molar-refractivity contribution in [3.8, 4) is 5.75 Å². The van der Waals surface area contributed by atoms with Gasteiger partial charge in [0.15, 0.2) is 0 Å². The first-order valence-corrected chi connectivity index (χ1v) is 18.4. The van der Waals surface area contributed by atoms with Gasteiger partial charge in [0.1, 0.15) is 30.0 Å². The number of esters is 1. The Bertz CT molecular complexity index is 1720. The van der Waals surface area contributed by atoms with E-state index in [0.29, 0.717) is 30.1 Å². The van der Waals surface area contributed by atoms with Crippen molar-refractivity contribution in [2.45, 2.75) is 104 Å². The molecule has 53 heavy (non-hydrogen) atoms. The lowest BCUT2D eigenvalue weighted by atomic mass is 9.80. The molecule has 0 saturated carbocycles. The highest BCUT2D eigenvalue weighted by Crippen LogP contribution is 2.45. The van der Waals surface area contributed by atoms with Crippen molar-refractivity contribution in [3.05, 3.63) is 76.3 Å². The molecular weight excluding hydrogens is 700 g/mol. The third kappa shape index (κ3) is 9.58. The average molecular weight is 751 g/mol. The van der Waals surface area contributed by atoms with E-state index >= 15 is 0 Å². The van der Waals surface area contributed by atoms with E-state index in [1.165, 1.54) is 18.1 Å². The summed E-state index contributed by atoms with van der Waals surface area (Å²) in [6.45, 7) is 11.8. The summed E-state index contributed by atoms with van der Waals surface area (Å²) in [4.78, 5) is 68.0. The van der Waals surface area contributed by atoms with Gasteiger partial charge in [0, 0.05) is 31.8 Å². The number of rotatable bonds is 10. The van der Waals surface area contributed by atoms with Crippen molar-refractivity contribution < 1.29 is 38.2 Å². The number of halogens is 1. The number of hydrogen-bond acceptors (Lipinski definition) is 8. The van der Waals surface area contributed by atoms with Crippen LogP contribution in [0.5, 0.6) is 5.75 Å². The quantitative estimate of drug-likeness (QED) is 0.183. The maximum atomic E-state index is 14.1. The zero-order chi connectivity index (χ0) is 38.7. The number of nitrogens with one attached hydrogen (secondary N) is 3. The van der Waals surface area contributed by atoms with Crippen LogP contribution in [-0.2, 0) is 46.4 Å². The van der Waals surface area contributed by atoms with Crippen molar-refractivity contribution in [2.24, 2.45) is 16.7 Å². The van der Waals surface area contributed by atoms with Crippen LogP contribution in [0.1, 0.15) is 77.2 Å². The molecule has 2 aromatic rings. The smallest absolute Gasteiger partial charge is 0.328 e. The van der Waals surface area contributed by atoms with Gasteiger partial charge < -0.3 is 35.1 Å². The van der Waals surface area contributed by atoms with E-state index in [-0.39, 0.29) is 42.9 Å². The third-order valence-corrected chi connectivity index (χ3v) is 10.7. The maximum absolute atomic E-state index is 14.1. The molecule has 2 aromatic carbocycles. The number of methoxy groups -OCH3 is 1. The fraction of sp³-hybridized carbons (Fsp3) is 0.525. The zero-order valence-corrected chi connectivity index (χ0v) is 32.2. The second kappa shape index (κ2) is 16.3. The Hall–Kier alpha value is -4.42. The van der Waals surface area contributed by atoms with Gasteiger partial charge in [0.05, 0.1) is 29.7 Å². The fourth-order valence-electron chi connectivity index (χ4n) is 6.99.